The fraction of sp³-hybridized carbons (Fsp3) is 0.318. The summed E-state index contributed by atoms with van der Waals surface area (Å²) < 4.78 is 33.4. The number of benzene rings is 1. The Bertz CT molecular complexity index is 1170. The maximum atomic E-state index is 12.7. The predicted octanol–water partition coefficient (Wildman–Crippen LogP) is 4.56. The van der Waals surface area contributed by atoms with Crippen molar-refractivity contribution < 1.29 is 27.9 Å². The average molecular weight is 498 g/mol. The third-order valence-corrected chi connectivity index (χ3v) is 5.58. The highest BCUT2D eigenvalue weighted by atomic mass is 35.5. The summed E-state index contributed by atoms with van der Waals surface area (Å²) in [7, 11) is 0. The number of halogens is 4. The van der Waals surface area contributed by atoms with Crippen molar-refractivity contribution in [3.63, 3.8) is 0 Å². The Balaban J connectivity index is 0.000000406. The number of aliphatic carboxylic acids is 1. The molecule has 2 heterocycles. The first-order chi connectivity index (χ1) is 16.1. The Morgan fingerprint density at radius 2 is 1.74 bits per heavy atom. The molecule has 0 bridgehead atoms. The highest BCUT2D eigenvalue weighted by molar-refractivity contribution is 6.33. The van der Waals surface area contributed by atoms with Crippen molar-refractivity contribution in [1.82, 2.24) is 9.61 Å². The molecule has 0 radical (unpaired) electrons. The molecule has 8 nitrogen and oxygen atoms in total. The van der Waals surface area contributed by atoms with Crippen molar-refractivity contribution in [2.24, 2.45) is 5.73 Å². The van der Waals surface area contributed by atoms with Crippen LogP contribution in [0.25, 0.3) is 5.52 Å². The number of carbonyl (C=O) groups is 2. The van der Waals surface area contributed by atoms with Gasteiger partial charge in [-0.05, 0) is 49.2 Å². The number of hydrogen-bond acceptors (Lipinski definition) is 5. The van der Waals surface area contributed by atoms with Gasteiger partial charge in [0.05, 0.1) is 16.2 Å². The summed E-state index contributed by atoms with van der Waals surface area (Å²) in [6.07, 6.45) is -0.681. The monoisotopic (exact) mass is 497 g/mol. The maximum Gasteiger partial charge on any atom is 0.490 e. The minimum absolute atomic E-state index is 0.129. The molecule has 2 atom stereocenters. The van der Waals surface area contributed by atoms with Gasteiger partial charge >= 0.3 is 12.1 Å². The second-order valence-corrected chi connectivity index (χ2v) is 8.12. The van der Waals surface area contributed by atoms with Crippen molar-refractivity contribution >= 4 is 40.5 Å². The first kappa shape index (κ1) is 25.3. The van der Waals surface area contributed by atoms with Gasteiger partial charge in [-0.3, -0.25) is 4.79 Å². The minimum atomic E-state index is -5.08. The van der Waals surface area contributed by atoms with E-state index in [1.807, 2.05) is 30.3 Å². The van der Waals surface area contributed by atoms with Crippen molar-refractivity contribution in [3.8, 4) is 0 Å². The molecule has 3 aromatic rings. The summed E-state index contributed by atoms with van der Waals surface area (Å²) in [5.74, 6) is -2.30. The molecular formula is C22H23ClF3N5O3. The van der Waals surface area contributed by atoms with E-state index >= 15 is 0 Å². The molecule has 182 valence electrons. The number of carboxylic acids is 1. The van der Waals surface area contributed by atoms with Gasteiger partial charge in [-0.15, -0.1) is 5.10 Å². The van der Waals surface area contributed by atoms with Crippen LogP contribution in [-0.2, 0) is 4.79 Å². The molecule has 0 aliphatic heterocycles. The van der Waals surface area contributed by atoms with Crippen molar-refractivity contribution in [2.75, 3.05) is 10.6 Å². The molecular weight excluding hydrogens is 475 g/mol. The Morgan fingerprint density at radius 3 is 2.38 bits per heavy atom. The van der Waals surface area contributed by atoms with Crippen LogP contribution in [0.4, 0.5) is 24.7 Å². The molecule has 5 N–H and O–H groups in total. The van der Waals surface area contributed by atoms with Gasteiger partial charge in [0.15, 0.2) is 0 Å². The zero-order valence-corrected chi connectivity index (χ0v) is 18.6. The minimum Gasteiger partial charge on any atom is -0.475 e. The van der Waals surface area contributed by atoms with E-state index < -0.39 is 12.1 Å². The number of amides is 1. The van der Waals surface area contributed by atoms with Crippen LogP contribution in [-0.4, -0.2) is 44.9 Å². The summed E-state index contributed by atoms with van der Waals surface area (Å²) in [6.45, 7) is 0. The normalized spacial score (nSPS) is 18.0. The molecule has 0 saturated heterocycles. The van der Waals surface area contributed by atoms with Crippen molar-refractivity contribution in [3.05, 3.63) is 59.2 Å². The fourth-order valence-corrected chi connectivity index (χ4v) is 3.70. The summed E-state index contributed by atoms with van der Waals surface area (Å²) in [6, 6.07) is 15.0. The lowest BCUT2D eigenvalue weighted by atomic mass is 9.91. The number of para-hydroxylation sites is 1. The summed E-state index contributed by atoms with van der Waals surface area (Å²) >= 11 is 6.14. The number of aromatic nitrogens is 2. The molecule has 1 saturated carbocycles. The Hall–Kier alpha value is -3.31. The van der Waals surface area contributed by atoms with Crippen LogP contribution >= 0.6 is 11.6 Å². The standard InChI is InChI=1S/C20H22ClN5O.C2HF3O2/c21-14-5-1-3-7-16(14)24-20(27)18-11-9-13-10-12-19(25-26(13)18)23-17-8-4-2-6-15(17)22;3-2(4,5)1(6)7/h1,3,5,7,9-12,15,17H,2,4,6,8,22H2,(H,23,25)(H,24,27);(H,6,7)/t15-,17+;/m0./s1. The molecule has 1 fully saturated rings. The second-order valence-electron chi connectivity index (χ2n) is 7.71. The number of nitrogens with zero attached hydrogens (tertiary/aromatic N) is 2. The highest BCUT2D eigenvalue weighted by Crippen LogP contribution is 2.23. The predicted molar refractivity (Wildman–Crippen MR) is 122 cm³/mol. The second kappa shape index (κ2) is 10.7. The molecule has 1 aliphatic rings. The van der Waals surface area contributed by atoms with Crippen molar-refractivity contribution in [1.29, 1.82) is 0 Å². The number of carboxylic acid groups (broad SMARTS) is 1. The molecule has 4 rings (SSSR count). The highest BCUT2D eigenvalue weighted by Gasteiger charge is 2.38. The third kappa shape index (κ3) is 6.39. The zero-order valence-electron chi connectivity index (χ0n) is 17.8. The van der Waals surface area contributed by atoms with E-state index in [1.165, 1.54) is 12.8 Å². The molecule has 0 unspecified atom stereocenters. The number of carbonyl (C=O) groups excluding carboxylic acids is 1. The van der Waals surface area contributed by atoms with E-state index in [4.69, 9.17) is 27.2 Å². The van der Waals surface area contributed by atoms with Crippen molar-refractivity contribution in [2.45, 2.75) is 43.9 Å². The fourth-order valence-electron chi connectivity index (χ4n) is 3.51. The Labute approximate surface area is 197 Å². The number of hydrogen-bond donors (Lipinski definition) is 4. The van der Waals surface area contributed by atoms with E-state index in [0.717, 1.165) is 18.4 Å². The third-order valence-electron chi connectivity index (χ3n) is 5.25. The average Bonchev–Trinajstić information content (AvgIpc) is 3.20. The number of anilines is 2. The van der Waals surface area contributed by atoms with E-state index in [0.29, 0.717) is 22.2 Å². The van der Waals surface area contributed by atoms with Gasteiger partial charge in [0.2, 0.25) is 0 Å². The maximum absolute atomic E-state index is 12.7. The number of fused-ring (bicyclic) bond motifs is 1. The van der Waals surface area contributed by atoms with Gasteiger partial charge in [0, 0.05) is 12.1 Å². The summed E-state index contributed by atoms with van der Waals surface area (Å²) in [5, 5.41) is 18.5. The lowest BCUT2D eigenvalue weighted by Gasteiger charge is -2.29. The Morgan fingerprint density at radius 1 is 1.09 bits per heavy atom. The van der Waals surface area contributed by atoms with Gasteiger partial charge in [-0.1, -0.05) is 36.6 Å². The lowest BCUT2D eigenvalue weighted by molar-refractivity contribution is -0.192. The number of nitrogens with one attached hydrogen (secondary N) is 2. The van der Waals surface area contributed by atoms with Crippen LogP contribution in [0, 0.1) is 0 Å². The van der Waals surface area contributed by atoms with Crippen LogP contribution in [0.5, 0.6) is 0 Å². The van der Waals surface area contributed by atoms with Crippen LogP contribution < -0.4 is 16.4 Å². The molecule has 1 aliphatic carbocycles. The molecule has 1 aromatic carbocycles. The smallest absolute Gasteiger partial charge is 0.475 e. The number of rotatable bonds is 4. The van der Waals surface area contributed by atoms with Gasteiger partial charge < -0.3 is 21.5 Å². The quantitative estimate of drug-likeness (QED) is 0.419. The first-order valence-electron chi connectivity index (χ1n) is 10.4. The summed E-state index contributed by atoms with van der Waals surface area (Å²) in [5.41, 5.74) is 8.09. The van der Waals surface area contributed by atoms with E-state index in [-0.39, 0.29) is 18.0 Å². The van der Waals surface area contributed by atoms with E-state index in [2.05, 4.69) is 15.7 Å². The van der Waals surface area contributed by atoms with Gasteiger partial charge in [0.1, 0.15) is 11.5 Å². The summed E-state index contributed by atoms with van der Waals surface area (Å²) in [4.78, 5) is 21.6. The zero-order chi connectivity index (χ0) is 24.9. The molecule has 12 heteroatoms. The van der Waals surface area contributed by atoms with E-state index in [9.17, 15) is 18.0 Å². The van der Waals surface area contributed by atoms with Gasteiger partial charge in [0.25, 0.3) is 5.91 Å². The Kier molecular flexibility index (Phi) is 8.00. The first-order valence-corrected chi connectivity index (χ1v) is 10.8. The van der Waals surface area contributed by atoms with Crippen LogP contribution in [0.1, 0.15) is 36.2 Å². The van der Waals surface area contributed by atoms with Crippen LogP contribution in [0.3, 0.4) is 0 Å². The van der Waals surface area contributed by atoms with E-state index in [1.54, 1.807) is 22.7 Å². The molecule has 34 heavy (non-hydrogen) atoms. The molecule has 1 amide bonds. The lowest BCUT2D eigenvalue weighted by Crippen LogP contribution is -2.42. The molecule has 2 aromatic heterocycles. The number of alkyl halides is 3. The van der Waals surface area contributed by atoms with Gasteiger partial charge in [-0.2, -0.15) is 13.2 Å². The largest absolute Gasteiger partial charge is 0.490 e. The van der Waals surface area contributed by atoms with Crippen LogP contribution in [0.2, 0.25) is 5.02 Å². The van der Waals surface area contributed by atoms with Gasteiger partial charge in [-0.25, -0.2) is 9.31 Å². The SMILES string of the molecule is N[C@H]1CCCC[C@H]1Nc1ccc2ccc(C(=O)Nc3ccccc3Cl)n2n1.O=C(O)C(F)(F)F. The topological polar surface area (TPSA) is 122 Å². The molecule has 0 spiro atoms. The number of nitrogens with two attached hydrogens (primary N) is 1. The van der Waals surface area contributed by atoms with Crippen LogP contribution in [0.15, 0.2) is 48.5 Å².